The summed E-state index contributed by atoms with van der Waals surface area (Å²) < 4.78 is 44.5. The number of cyclic esters (lactones) is 1. The number of likely N-dealkylation sites (N-methyl/N-ethyl adjacent to an activating group) is 1. The molecule has 1 atom stereocenters. The van der Waals surface area contributed by atoms with Crippen molar-refractivity contribution in [3.63, 3.8) is 0 Å². The Labute approximate surface area is 168 Å². The Morgan fingerprint density at radius 1 is 1.30 bits per heavy atom. The number of nitrogens with one attached hydrogen (secondary N) is 1. The fourth-order valence-electron chi connectivity index (χ4n) is 3.28. The molecule has 0 radical (unpaired) electrons. The molecular formula is C19H16F3N5O3. The molecule has 11 heteroatoms. The number of rotatable bonds is 3. The lowest BCUT2D eigenvalue weighted by atomic mass is 10.1. The van der Waals surface area contributed by atoms with E-state index < -0.39 is 29.8 Å². The first-order valence-electron chi connectivity index (χ1n) is 8.88. The molecule has 1 aromatic carbocycles. The number of anilines is 2. The topological polar surface area (TPSA) is 91.4 Å². The van der Waals surface area contributed by atoms with Crippen molar-refractivity contribution in [1.29, 1.82) is 0 Å². The smallest absolute Gasteiger partial charge is 0.416 e. The van der Waals surface area contributed by atoms with Gasteiger partial charge in [-0.05, 0) is 37.3 Å². The van der Waals surface area contributed by atoms with Crippen LogP contribution >= 0.6 is 0 Å². The van der Waals surface area contributed by atoms with Gasteiger partial charge in [0, 0.05) is 23.8 Å². The molecule has 1 saturated heterocycles. The van der Waals surface area contributed by atoms with Gasteiger partial charge in [-0.3, -0.25) is 9.89 Å². The van der Waals surface area contributed by atoms with Crippen LogP contribution in [0.4, 0.5) is 29.5 Å². The van der Waals surface area contributed by atoms with Gasteiger partial charge in [-0.25, -0.2) is 14.7 Å². The summed E-state index contributed by atoms with van der Waals surface area (Å²) in [5.74, 6) is -0.822. The Morgan fingerprint density at radius 2 is 2.07 bits per heavy atom. The Hall–Kier alpha value is -3.63. The minimum absolute atomic E-state index is 0.0591. The number of nitrogens with zero attached hydrogens (tertiary/aromatic N) is 4. The first-order valence-corrected chi connectivity index (χ1v) is 8.88. The zero-order chi connectivity index (χ0) is 21.6. The lowest BCUT2D eigenvalue weighted by Crippen LogP contribution is -2.47. The highest BCUT2D eigenvalue weighted by molar-refractivity contribution is 6.06. The maximum absolute atomic E-state index is 13.2. The number of hydrogen-bond donors (Lipinski definition) is 1. The highest BCUT2D eigenvalue weighted by Gasteiger charge is 2.43. The normalized spacial score (nSPS) is 16.8. The van der Waals surface area contributed by atoms with Crippen LogP contribution in [0, 0.1) is 6.92 Å². The molecule has 0 saturated carbocycles. The molecule has 156 valence electrons. The third-order valence-corrected chi connectivity index (χ3v) is 4.82. The van der Waals surface area contributed by atoms with Gasteiger partial charge in [0.2, 0.25) is 0 Å². The van der Waals surface area contributed by atoms with Crippen LogP contribution in [0.3, 0.4) is 0 Å². The van der Waals surface area contributed by atoms with Gasteiger partial charge in [0.05, 0.1) is 17.3 Å². The third kappa shape index (κ3) is 3.42. The predicted octanol–water partition coefficient (Wildman–Crippen LogP) is 3.27. The van der Waals surface area contributed by atoms with Crippen LogP contribution in [0.2, 0.25) is 0 Å². The lowest BCUT2D eigenvalue weighted by Gasteiger charge is -2.25. The number of carbonyl (C=O) groups excluding carboxylic acids is 2. The van der Waals surface area contributed by atoms with Crippen LogP contribution in [0.25, 0.3) is 10.9 Å². The summed E-state index contributed by atoms with van der Waals surface area (Å²) in [6.07, 6.45) is -3.92. The average molecular weight is 419 g/mol. The fourth-order valence-corrected chi connectivity index (χ4v) is 3.28. The number of aromatic nitrogens is 3. The van der Waals surface area contributed by atoms with Crippen molar-refractivity contribution in [2.45, 2.75) is 19.1 Å². The number of benzene rings is 1. The molecule has 1 fully saturated rings. The van der Waals surface area contributed by atoms with Crippen LogP contribution in [0.1, 0.15) is 11.3 Å². The molecule has 8 nitrogen and oxygen atoms in total. The molecule has 30 heavy (non-hydrogen) atoms. The summed E-state index contributed by atoms with van der Waals surface area (Å²) in [4.78, 5) is 31.5. The zero-order valence-corrected chi connectivity index (χ0v) is 15.9. The van der Waals surface area contributed by atoms with Crippen molar-refractivity contribution < 1.29 is 27.5 Å². The van der Waals surface area contributed by atoms with E-state index in [0.717, 1.165) is 22.4 Å². The molecule has 2 aromatic heterocycles. The second-order valence-corrected chi connectivity index (χ2v) is 6.85. The number of carbonyl (C=O) groups is 2. The molecule has 1 unspecified atom stereocenters. The zero-order valence-electron chi connectivity index (χ0n) is 15.9. The average Bonchev–Trinajstić information content (AvgIpc) is 3.31. The second kappa shape index (κ2) is 7.01. The quantitative estimate of drug-likeness (QED) is 0.704. The van der Waals surface area contributed by atoms with Crippen molar-refractivity contribution in [3.8, 4) is 0 Å². The van der Waals surface area contributed by atoms with Gasteiger partial charge in [0.15, 0.2) is 6.04 Å². The minimum atomic E-state index is -4.62. The number of aryl methyl sites for hydroxylation is 1. The molecule has 1 N–H and O–H groups in total. The molecule has 0 bridgehead atoms. The summed E-state index contributed by atoms with van der Waals surface area (Å²) in [7, 11) is 1.51. The maximum atomic E-state index is 13.2. The summed E-state index contributed by atoms with van der Waals surface area (Å²) in [6, 6.07) is 5.61. The van der Waals surface area contributed by atoms with E-state index in [1.807, 2.05) is 0 Å². The molecule has 4 rings (SSSR count). The van der Waals surface area contributed by atoms with Gasteiger partial charge < -0.3 is 9.64 Å². The molecule has 3 aromatic rings. The Bertz CT molecular complexity index is 1140. The summed E-state index contributed by atoms with van der Waals surface area (Å²) in [5.41, 5.74) is 0.319. The Morgan fingerprint density at radius 3 is 2.80 bits per heavy atom. The molecule has 3 heterocycles. The first kappa shape index (κ1) is 19.7. The van der Waals surface area contributed by atoms with Gasteiger partial charge in [-0.1, -0.05) is 0 Å². The van der Waals surface area contributed by atoms with Gasteiger partial charge in [0.25, 0.3) is 5.91 Å². The van der Waals surface area contributed by atoms with Crippen molar-refractivity contribution in [2.24, 2.45) is 0 Å². The van der Waals surface area contributed by atoms with Gasteiger partial charge in [-0.15, -0.1) is 0 Å². The number of amides is 2. The van der Waals surface area contributed by atoms with Crippen molar-refractivity contribution in [2.75, 3.05) is 23.5 Å². The maximum Gasteiger partial charge on any atom is 0.416 e. The predicted molar refractivity (Wildman–Crippen MR) is 101 cm³/mol. The summed E-state index contributed by atoms with van der Waals surface area (Å²) in [6.45, 7) is 1.08. The number of H-pyrrole nitrogens is 1. The van der Waals surface area contributed by atoms with E-state index in [4.69, 9.17) is 4.74 Å². The number of fused-ring (bicyclic) bond motifs is 1. The van der Waals surface area contributed by atoms with E-state index in [-0.39, 0.29) is 18.1 Å². The molecular weight excluding hydrogens is 403 g/mol. The molecule has 1 aliphatic rings. The number of ether oxygens (including phenoxy) is 1. The van der Waals surface area contributed by atoms with E-state index in [1.54, 1.807) is 24.4 Å². The third-order valence-electron chi connectivity index (χ3n) is 4.82. The van der Waals surface area contributed by atoms with Crippen molar-refractivity contribution >= 4 is 34.4 Å². The highest BCUT2D eigenvalue weighted by atomic mass is 19.4. The molecule has 0 aliphatic carbocycles. The van der Waals surface area contributed by atoms with Crippen LogP contribution in [-0.4, -0.2) is 46.9 Å². The summed E-state index contributed by atoms with van der Waals surface area (Å²) in [5, 5.41) is 7.57. The molecule has 1 aliphatic heterocycles. The van der Waals surface area contributed by atoms with Crippen LogP contribution in [0.5, 0.6) is 0 Å². The van der Waals surface area contributed by atoms with E-state index in [9.17, 15) is 22.8 Å². The standard InChI is InChI=1S/C19H16F3N5O3/c1-10-5-12(19(20,21)22)6-16(24-10)27-15(9-30-18(27)29)17(28)26(2)13-4-3-11-8-23-25-14(11)7-13/h3-8,15H,9H2,1-2H3,(H,23,25). The Balaban J connectivity index is 1.67. The van der Waals surface area contributed by atoms with Crippen molar-refractivity contribution in [1.82, 2.24) is 15.2 Å². The minimum Gasteiger partial charge on any atom is -0.446 e. The van der Waals surface area contributed by atoms with Crippen LogP contribution in [-0.2, 0) is 15.7 Å². The van der Waals surface area contributed by atoms with Crippen LogP contribution in [0.15, 0.2) is 36.5 Å². The van der Waals surface area contributed by atoms with E-state index in [0.29, 0.717) is 11.2 Å². The van der Waals surface area contributed by atoms with Gasteiger partial charge in [-0.2, -0.15) is 18.3 Å². The fraction of sp³-hybridized carbons (Fsp3) is 0.263. The van der Waals surface area contributed by atoms with Gasteiger partial charge in [0.1, 0.15) is 12.4 Å². The lowest BCUT2D eigenvalue weighted by molar-refractivity contribution is -0.137. The van der Waals surface area contributed by atoms with Gasteiger partial charge >= 0.3 is 12.3 Å². The first-order chi connectivity index (χ1) is 14.1. The number of halogens is 3. The SMILES string of the molecule is Cc1cc(C(F)(F)F)cc(N2C(=O)OCC2C(=O)N(C)c2ccc3cn[nH]c3c2)n1. The summed E-state index contributed by atoms with van der Waals surface area (Å²) >= 11 is 0. The molecule has 2 amide bonds. The number of aromatic amines is 1. The van der Waals surface area contributed by atoms with E-state index in [2.05, 4.69) is 15.2 Å². The highest BCUT2D eigenvalue weighted by Crippen LogP contribution is 2.33. The van der Waals surface area contributed by atoms with E-state index >= 15 is 0 Å². The second-order valence-electron chi connectivity index (χ2n) is 6.85. The Kier molecular flexibility index (Phi) is 4.60. The monoisotopic (exact) mass is 419 g/mol. The number of hydrogen-bond acceptors (Lipinski definition) is 5. The van der Waals surface area contributed by atoms with E-state index in [1.165, 1.54) is 18.9 Å². The van der Waals surface area contributed by atoms with Crippen molar-refractivity contribution in [3.05, 3.63) is 47.8 Å². The molecule has 0 spiro atoms. The van der Waals surface area contributed by atoms with Crippen LogP contribution < -0.4 is 9.80 Å². The largest absolute Gasteiger partial charge is 0.446 e. The number of pyridine rings is 1. The number of alkyl halides is 3.